The van der Waals surface area contributed by atoms with E-state index in [2.05, 4.69) is 41.2 Å². The van der Waals surface area contributed by atoms with Crippen molar-refractivity contribution in [3.63, 3.8) is 0 Å². The third-order valence-electron chi connectivity index (χ3n) is 10.8. The van der Waals surface area contributed by atoms with Gasteiger partial charge in [-0.1, -0.05) is 64.2 Å². The fourth-order valence-electron chi connectivity index (χ4n) is 6.34. The fraction of sp³-hybridized carbons (Fsp3) is 0.622. The van der Waals surface area contributed by atoms with Gasteiger partial charge in [0.1, 0.15) is 16.9 Å². The lowest BCUT2D eigenvalue weighted by atomic mass is 9.70. The maximum absolute atomic E-state index is 13.9. The number of rotatable bonds is 7. The largest absolute Gasteiger partial charge is 0.461 e. The summed E-state index contributed by atoms with van der Waals surface area (Å²) in [6.45, 7) is 24.2. The van der Waals surface area contributed by atoms with Crippen LogP contribution in [-0.4, -0.2) is 24.2 Å². The summed E-state index contributed by atoms with van der Waals surface area (Å²) in [5.74, 6) is -0.675. The van der Waals surface area contributed by atoms with Crippen molar-refractivity contribution in [3.8, 4) is 0 Å². The van der Waals surface area contributed by atoms with Crippen molar-refractivity contribution < 1.29 is 32.2 Å². The summed E-state index contributed by atoms with van der Waals surface area (Å²) in [6, 6.07) is 0. The number of hydrogen-bond acceptors (Lipinski definition) is 4. The molecule has 1 fully saturated rings. The Bertz CT molecular complexity index is 1280. The minimum absolute atomic E-state index is 0.0179. The van der Waals surface area contributed by atoms with E-state index in [-0.39, 0.29) is 29.1 Å². The highest BCUT2D eigenvalue weighted by Gasteiger charge is 2.52. The van der Waals surface area contributed by atoms with E-state index in [0.717, 1.165) is 37.2 Å². The smallest absolute Gasteiger partial charge is 0.401 e. The zero-order chi connectivity index (χ0) is 33.8. The minimum atomic E-state index is -4.49. The predicted octanol–water partition coefficient (Wildman–Crippen LogP) is 10.7. The average Bonchev–Trinajstić information content (AvgIpc) is 2.95. The first-order valence-corrected chi connectivity index (χ1v) is 15.7. The number of allylic oxidation sites excluding steroid dienone is 8. The topological polar surface area (TPSA) is 52.6 Å². The monoisotopic (exact) mass is 618 g/mol. The van der Waals surface area contributed by atoms with Crippen LogP contribution in [0.25, 0.3) is 0 Å². The first-order chi connectivity index (χ1) is 20.2. The summed E-state index contributed by atoms with van der Waals surface area (Å²) in [6.07, 6.45) is 2.72. The van der Waals surface area contributed by atoms with Crippen LogP contribution in [0, 0.1) is 22.7 Å². The van der Waals surface area contributed by atoms with Crippen LogP contribution in [0.3, 0.4) is 0 Å². The van der Waals surface area contributed by atoms with E-state index in [1.54, 1.807) is 0 Å². The van der Waals surface area contributed by atoms with Crippen LogP contribution < -0.4 is 0 Å². The van der Waals surface area contributed by atoms with Crippen LogP contribution in [0.1, 0.15) is 115 Å². The second kappa shape index (κ2) is 14.5. The molecule has 246 valence electrons. The van der Waals surface area contributed by atoms with Gasteiger partial charge in [-0.25, -0.2) is 0 Å². The van der Waals surface area contributed by atoms with Gasteiger partial charge in [0.2, 0.25) is 0 Å². The van der Waals surface area contributed by atoms with Gasteiger partial charge in [0.05, 0.1) is 12.2 Å². The highest BCUT2D eigenvalue weighted by Crippen LogP contribution is 2.48. The van der Waals surface area contributed by atoms with Gasteiger partial charge in [0.15, 0.2) is 0 Å². The Balaban J connectivity index is 2.10. The molecule has 2 aliphatic rings. The van der Waals surface area contributed by atoms with E-state index in [9.17, 15) is 22.8 Å². The molecule has 0 heterocycles. The molecule has 0 N–H and O–H groups in total. The van der Waals surface area contributed by atoms with Gasteiger partial charge < -0.3 is 9.47 Å². The molecule has 0 spiro atoms. The summed E-state index contributed by atoms with van der Waals surface area (Å²) in [5, 5.41) is 0. The second-order valence-electron chi connectivity index (χ2n) is 13.6. The Hall–Kier alpha value is -2.83. The maximum Gasteiger partial charge on any atom is 0.401 e. The molecule has 0 aliphatic heterocycles. The lowest BCUT2D eigenvalue weighted by molar-refractivity contribution is -0.190. The molecule has 7 heteroatoms. The number of carbonyl (C=O) groups excluding carboxylic acids is 2. The summed E-state index contributed by atoms with van der Waals surface area (Å²) < 4.78 is 52.4. The molecule has 0 radical (unpaired) electrons. The van der Waals surface area contributed by atoms with Gasteiger partial charge in [0.25, 0.3) is 0 Å². The van der Waals surface area contributed by atoms with Crippen LogP contribution in [0.2, 0.25) is 0 Å². The molecule has 0 aromatic rings. The molecule has 0 aromatic carbocycles. The van der Waals surface area contributed by atoms with Gasteiger partial charge in [0, 0.05) is 0 Å². The van der Waals surface area contributed by atoms with E-state index in [1.807, 2.05) is 20.8 Å². The molecule has 3 unspecified atom stereocenters. The van der Waals surface area contributed by atoms with E-state index < -0.39 is 23.0 Å². The van der Waals surface area contributed by atoms with Gasteiger partial charge in [-0.3, -0.25) is 9.59 Å². The molecular weight excluding hydrogens is 565 g/mol. The third kappa shape index (κ3) is 7.87. The third-order valence-corrected chi connectivity index (χ3v) is 10.8. The highest BCUT2D eigenvalue weighted by molar-refractivity contribution is 5.84. The molecule has 0 amide bonds. The molecule has 0 aromatic heterocycles. The van der Waals surface area contributed by atoms with Crippen LogP contribution in [0.5, 0.6) is 0 Å². The Kier molecular flexibility index (Phi) is 12.3. The maximum atomic E-state index is 13.9. The number of esters is 2. The lowest BCUT2D eigenvalue weighted by Gasteiger charge is -2.36. The Morgan fingerprint density at radius 2 is 1.48 bits per heavy atom. The van der Waals surface area contributed by atoms with Crippen LogP contribution in [0.4, 0.5) is 13.2 Å². The number of ether oxygens (including phenoxy) is 2. The van der Waals surface area contributed by atoms with Crippen LogP contribution >= 0.6 is 0 Å². The van der Waals surface area contributed by atoms with Gasteiger partial charge in [-0.2, -0.15) is 13.2 Å². The van der Waals surface area contributed by atoms with Crippen molar-refractivity contribution in [1.82, 2.24) is 0 Å². The molecule has 2 rings (SSSR count). The van der Waals surface area contributed by atoms with E-state index in [4.69, 9.17) is 9.47 Å². The van der Waals surface area contributed by atoms with Crippen LogP contribution in [-0.2, 0) is 19.1 Å². The van der Waals surface area contributed by atoms with Crippen molar-refractivity contribution in [2.24, 2.45) is 22.7 Å². The highest BCUT2D eigenvalue weighted by atomic mass is 19.4. The summed E-state index contributed by atoms with van der Waals surface area (Å²) in [4.78, 5) is 26.6. The zero-order valence-corrected chi connectivity index (χ0v) is 28.7. The molecule has 0 saturated heterocycles. The normalized spacial score (nSPS) is 31.0. The van der Waals surface area contributed by atoms with E-state index in [0.29, 0.717) is 31.6 Å². The molecule has 44 heavy (non-hydrogen) atoms. The molecule has 0 bridgehead atoms. The standard InChI is InChI=1S/C37H53F3O4/c1-22(2)36(12,37(38,39)40)27(7)14-13-19-43-33(41)31-15-17-32(18-16-31)44-34(42)35(11)29(9)25(5)20-23(3)28(8)24(4)21-26(6)30(35)10/h13-14,19,23,31-32H,1,15-18,20-21H2,2-12H3/b19-13+,27-14+,28-24-,29-25-,30-26?. The zero-order valence-electron chi connectivity index (χ0n) is 28.7. The van der Waals surface area contributed by atoms with Crippen molar-refractivity contribution in [1.29, 1.82) is 0 Å². The first kappa shape index (κ1) is 37.4. The molecular formula is C37H53F3O4. The molecule has 4 nitrogen and oxygen atoms in total. The summed E-state index contributed by atoms with van der Waals surface area (Å²) in [5.41, 5.74) is 4.16. The molecule has 1 saturated carbocycles. The lowest BCUT2D eigenvalue weighted by Crippen LogP contribution is -2.38. The molecule has 3 atom stereocenters. The Morgan fingerprint density at radius 3 is 2.00 bits per heavy atom. The second-order valence-corrected chi connectivity index (χ2v) is 13.6. The quantitative estimate of drug-likeness (QED) is 0.123. The van der Waals surface area contributed by atoms with Crippen LogP contribution in [0.15, 0.2) is 69.6 Å². The van der Waals surface area contributed by atoms with Crippen molar-refractivity contribution >= 4 is 11.9 Å². The Labute approximate surface area is 263 Å². The molecule has 2 aliphatic carbocycles. The van der Waals surface area contributed by atoms with Crippen molar-refractivity contribution in [3.05, 3.63) is 69.6 Å². The number of alkyl halides is 3. The SMILES string of the molecule is C=C(C)C(C)(/C(C)=C/C=C/OC(=O)C1CCC(OC(=O)C2(C)C(C)=C(C)C/C(C)=C(/C)C(C)C/C(C)=C\2C)CC1)C(F)(F)F. The van der Waals surface area contributed by atoms with E-state index >= 15 is 0 Å². The first-order valence-electron chi connectivity index (χ1n) is 15.7. The van der Waals surface area contributed by atoms with Crippen molar-refractivity contribution in [2.75, 3.05) is 0 Å². The number of halogens is 3. The predicted molar refractivity (Wildman–Crippen MR) is 171 cm³/mol. The van der Waals surface area contributed by atoms with Gasteiger partial charge in [-0.15, -0.1) is 0 Å². The average molecular weight is 619 g/mol. The fourth-order valence-corrected chi connectivity index (χ4v) is 6.34. The number of carbonyl (C=O) groups is 2. The summed E-state index contributed by atoms with van der Waals surface area (Å²) in [7, 11) is 0. The Morgan fingerprint density at radius 1 is 0.932 bits per heavy atom. The number of hydrogen-bond donors (Lipinski definition) is 0. The van der Waals surface area contributed by atoms with E-state index in [1.165, 1.54) is 48.3 Å². The van der Waals surface area contributed by atoms with Gasteiger partial charge >= 0.3 is 18.1 Å². The van der Waals surface area contributed by atoms with Gasteiger partial charge in [-0.05, 0) is 120 Å². The summed E-state index contributed by atoms with van der Waals surface area (Å²) >= 11 is 0. The minimum Gasteiger partial charge on any atom is -0.461 e. The van der Waals surface area contributed by atoms with Crippen molar-refractivity contribution in [2.45, 2.75) is 127 Å².